The van der Waals surface area contributed by atoms with Crippen LogP contribution in [0.3, 0.4) is 0 Å². The van der Waals surface area contributed by atoms with E-state index in [0.717, 1.165) is 62.2 Å². The van der Waals surface area contributed by atoms with Gasteiger partial charge in [-0.3, -0.25) is 0 Å². The number of quaternary nitrogens is 1. The summed E-state index contributed by atoms with van der Waals surface area (Å²) in [6.45, 7) is 6.88. The molecule has 188 valence electrons. The van der Waals surface area contributed by atoms with E-state index in [1.165, 1.54) is 38.0 Å². The number of nitrogens with zero attached hydrogens (tertiary/aromatic N) is 2. The van der Waals surface area contributed by atoms with Gasteiger partial charge in [0.15, 0.2) is 5.76 Å². The number of rotatable bonds is 6. The molecule has 37 heavy (non-hydrogen) atoms. The molecule has 4 aliphatic heterocycles. The van der Waals surface area contributed by atoms with E-state index in [0.29, 0.717) is 0 Å². The molecule has 5 heterocycles. The highest BCUT2D eigenvalue weighted by molar-refractivity contribution is 7.99. The maximum Gasteiger partial charge on any atom is 0.209 e. The highest BCUT2D eigenvalue weighted by Gasteiger charge is 2.47. The highest BCUT2D eigenvalue weighted by Crippen LogP contribution is 2.51. The summed E-state index contributed by atoms with van der Waals surface area (Å²) in [5.74, 6) is 5.47. The molecule has 4 aromatic rings. The number of aromatic nitrogens is 1. The van der Waals surface area contributed by atoms with Crippen LogP contribution in [0.25, 0.3) is 0 Å². The minimum Gasteiger partial charge on any atom is -0.457 e. The number of fused-ring (bicyclic) bond motifs is 5. The summed E-state index contributed by atoms with van der Waals surface area (Å²) in [6.07, 6.45) is 4.63. The van der Waals surface area contributed by atoms with Crippen molar-refractivity contribution in [3.63, 3.8) is 0 Å². The first-order valence-corrected chi connectivity index (χ1v) is 14.5. The molecule has 4 aliphatic rings. The minimum atomic E-state index is -0.493. The third kappa shape index (κ3) is 4.00. The van der Waals surface area contributed by atoms with Crippen molar-refractivity contribution >= 4 is 11.8 Å². The maximum absolute atomic E-state index is 6.66. The number of hydrogen-bond donors (Lipinski definition) is 0. The van der Waals surface area contributed by atoms with Gasteiger partial charge in [0.2, 0.25) is 5.89 Å². The Morgan fingerprint density at radius 3 is 2.24 bits per heavy atom. The van der Waals surface area contributed by atoms with E-state index in [2.05, 4.69) is 73.3 Å². The average Bonchev–Trinajstić information content (AvgIpc) is 3.42. The summed E-state index contributed by atoms with van der Waals surface area (Å²) in [7, 11) is 0. The van der Waals surface area contributed by atoms with Crippen LogP contribution in [-0.4, -0.2) is 34.4 Å². The van der Waals surface area contributed by atoms with E-state index < -0.39 is 5.41 Å². The Bertz CT molecular complexity index is 1360. The lowest BCUT2D eigenvalue weighted by Gasteiger charge is -2.52. The third-order valence-electron chi connectivity index (χ3n) is 8.89. The molecule has 0 saturated carbocycles. The minimum absolute atomic E-state index is 0.493. The van der Waals surface area contributed by atoms with Crippen LogP contribution < -0.4 is 4.74 Å². The Morgan fingerprint density at radius 2 is 1.54 bits per heavy atom. The molecule has 2 bridgehead atoms. The lowest BCUT2D eigenvalue weighted by molar-refractivity contribution is -0.954. The molecular formula is C32H33N2O2S+. The first-order valence-electron chi connectivity index (χ1n) is 13.5. The molecule has 0 unspecified atom stereocenters. The molecule has 5 heteroatoms. The zero-order valence-corrected chi connectivity index (χ0v) is 22.1. The predicted octanol–water partition coefficient (Wildman–Crippen LogP) is 7.18. The second-order valence-electron chi connectivity index (χ2n) is 11.2. The van der Waals surface area contributed by atoms with Crippen molar-refractivity contribution < 1.29 is 13.6 Å². The van der Waals surface area contributed by atoms with Crippen LogP contribution in [-0.2, 0) is 17.7 Å². The predicted molar refractivity (Wildman–Crippen MR) is 148 cm³/mol. The van der Waals surface area contributed by atoms with Gasteiger partial charge in [-0.1, -0.05) is 66.7 Å². The van der Waals surface area contributed by atoms with Gasteiger partial charge >= 0.3 is 0 Å². The number of oxazole rings is 1. The molecule has 3 aromatic carbocycles. The average molecular weight is 510 g/mol. The summed E-state index contributed by atoms with van der Waals surface area (Å²) in [4.78, 5) is 4.91. The zero-order chi connectivity index (χ0) is 24.9. The Kier molecular flexibility index (Phi) is 5.67. The molecule has 3 saturated heterocycles. The Hall–Kier alpha value is -3.02. The Labute approximate surface area is 223 Å². The number of thioether (sulfide) groups is 1. The summed E-state index contributed by atoms with van der Waals surface area (Å²) < 4.78 is 14.0. The SMILES string of the molecule is CC1(c2ncc(C[N+]34CCC(CC3)[C@H](SCc3ccccc3)C4)o2)c2ccccc2Oc2ccccc21. The van der Waals surface area contributed by atoms with Crippen molar-refractivity contribution in [3.8, 4) is 11.5 Å². The fourth-order valence-electron chi connectivity index (χ4n) is 6.78. The van der Waals surface area contributed by atoms with Gasteiger partial charge in [0.1, 0.15) is 23.5 Å². The fraction of sp³-hybridized carbons (Fsp3) is 0.344. The fourth-order valence-corrected chi connectivity index (χ4v) is 8.35. The van der Waals surface area contributed by atoms with Crippen LogP contribution in [0.5, 0.6) is 11.5 Å². The summed E-state index contributed by atoms with van der Waals surface area (Å²) in [6, 6.07) is 27.5. The normalized spacial score (nSPS) is 25.2. The van der Waals surface area contributed by atoms with Gasteiger partial charge in [0.25, 0.3) is 0 Å². The van der Waals surface area contributed by atoms with Crippen LogP contribution in [0.1, 0.15) is 48.1 Å². The Morgan fingerprint density at radius 1 is 0.892 bits per heavy atom. The van der Waals surface area contributed by atoms with E-state index in [1.807, 2.05) is 30.5 Å². The van der Waals surface area contributed by atoms with E-state index in [4.69, 9.17) is 14.1 Å². The first kappa shape index (κ1) is 23.1. The molecule has 0 aliphatic carbocycles. The van der Waals surface area contributed by atoms with Gasteiger partial charge < -0.3 is 13.6 Å². The van der Waals surface area contributed by atoms with Gasteiger partial charge in [-0.2, -0.15) is 0 Å². The molecule has 0 spiro atoms. The maximum atomic E-state index is 6.66. The van der Waals surface area contributed by atoms with Crippen LogP contribution in [0.15, 0.2) is 89.5 Å². The van der Waals surface area contributed by atoms with Crippen LogP contribution >= 0.6 is 11.8 Å². The summed E-state index contributed by atoms with van der Waals surface area (Å²) in [5.41, 5.74) is 3.14. The zero-order valence-electron chi connectivity index (χ0n) is 21.3. The van der Waals surface area contributed by atoms with Crippen molar-refractivity contribution in [1.29, 1.82) is 0 Å². The number of piperidine rings is 3. The monoisotopic (exact) mass is 509 g/mol. The van der Waals surface area contributed by atoms with Crippen LogP contribution in [0.4, 0.5) is 0 Å². The van der Waals surface area contributed by atoms with Crippen LogP contribution in [0, 0.1) is 5.92 Å². The molecule has 0 amide bonds. The van der Waals surface area contributed by atoms with E-state index in [1.54, 1.807) is 0 Å². The molecule has 0 N–H and O–H groups in total. The topological polar surface area (TPSA) is 35.3 Å². The quantitative estimate of drug-likeness (QED) is 0.258. The molecule has 4 nitrogen and oxygen atoms in total. The smallest absolute Gasteiger partial charge is 0.209 e. The van der Waals surface area contributed by atoms with Crippen molar-refractivity contribution in [2.24, 2.45) is 5.92 Å². The first-order chi connectivity index (χ1) is 18.1. The molecule has 8 rings (SSSR count). The van der Waals surface area contributed by atoms with Crippen molar-refractivity contribution in [3.05, 3.63) is 113 Å². The highest BCUT2D eigenvalue weighted by atomic mass is 32.2. The van der Waals surface area contributed by atoms with Gasteiger partial charge in [0, 0.05) is 29.7 Å². The van der Waals surface area contributed by atoms with Crippen molar-refractivity contribution in [1.82, 2.24) is 4.98 Å². The number of ether oxygens (including phenoxy) is 1. The number of benzene rings is 3. The second kappa shape index (κ2) is 9.07. The standard InChI is InChI=1S/C32H33N2O2S/c1-32(26-11-5-7-13-28(26)36-29-14-8-6-12-27(29)32)31-33-19-25(35-31)20-34-17-15-24(16-18-34)30(21-34)37-22-23-9-3-2-4-10-23/h2-14,19,24,30H,15-18,20-22H2,1H3/q+1/t24?,30-,34?/m1/s1. The summed E-state index contributed by atoms with van der Waals surface area (Å²) >= 11 is 2.16. The number of para-hydroxylation sites is 2. The van der Waals surface area contributed by atoms with Gasteiger partial charge in [-0.05, 0) is 30.5 Å². The van der Waals surface area contributed by atoms with E-state index in [9.17, 15) is 0 Å². The van der Waals surface area contributed by atoms with Gasteiger partial charge in [-0.25, -0.2) is 4.98 Å². The van der Waals surface area contributed by atoms with Crippen molar-refractivity contribution in [2.75, 3.05) is 19.6 Å². The number of hydrogen-bond acceptors (Lipinski definition) is 4. The van der Waals surface area contributed by atoms with E-state index >= 15 is 0 Å². The second-order valence-corrected chi connectivity index (χ2v) is 12.4. The molecule has 0 radical (unpaired) electrons. The Balaban J connectivity index is 1.15. The molecule has 1 atom stereocenters. The summed E-state index contributed by atoms with van der Waals surface area (Å²) in [5, 5.41) is 0.719. The van der Waals surface area contributed by atoms with Gasteiger partial charge in [-0.15, -0.1) is 11.8 Å². The van der Waals surface area contributed by atoms with Crippen LogP contribution in [0.2, 0.25) is 0 Å². The molecular weight excluding hydrogens is 476 g/mol. The third-order valence-corrected chi connectivity index (χ3v) is 10.4. The lowest BCUT2D eigenvalue weighted by Crippen LogP contribution is -2.62. The van der Waals surface area contributed by atoms with Gasteiger partial charge in [0.05, 0.1) is 31.1 Å². The molecule has 3 fully saturated rings. The largest absolute Gasteiger partial charge is 0.457 e. The van der Waals surface area contributed by atoms with E-state index in [-0.39, 0.29) is 0 Å². The lowest BCUT2D eigenvalue weighted by atomic mass is 9.74. The molecule has 1 aromatic heterocycles. The van der Waals surface area contributed by atoms with Crippen molar-refractivity contribution in [2.45, 2.75) is 42.7 Å².